The number of sulfone groups is 1. The van der Waals surface area contributed by atoms with Crippen molar-refractivity contribution in [1.29, 1.82) is 5.26 Å². The highest BCUT2D eigenvalue weighted by Crippen LogP contribution is 2.18. The molecule has 0 aliphatic carbocycles. The molecule has 1 aliphatic rings. The van der Waals surface area contributed by atoms with Crippen LogP contribution in [0.4, 0.5) is 0 Å². The molecule has 1 saturated heterocycles. The maximum absolute atomic E-state index is 12.2. The second-order valence-corrected chi connectivity index (χ2v) is 8.02. The van der Waals surface area contributed by atoms with Crippen LogP contribution < -0.4 is 4.74 Å². The summed E-state index contributed by atoms with van der Waals surface area (Å²) in [5.41, 5.74) is 0.288. The predicted octanol–water partition coefficient (Wildman–Crippen LogP) is 0.516. The van der Waals surface area contributed by atoms with Crippen LogP contribution >= 0.6 is 0 Å². The highest BCUT2D eigenvalue weighted by atomic mass is 32.2. The molecular formula is C17H20N2O6S. The van der Waals surface area contributed by atoms with Crippen molar-refractivity contribution in [3.05, 3.63) is 29.8 Å². The molecule has 0 N–H and O–H groups in total. The van der Waals surface area contributed by atoms with Gasteiger partial charge in [0, 0.05) is 12.6 Å². The molecule has 1 aromatic carbocycles. The fraction of sp³-hybridized carbons (Fsp3) is 0.471. The first kappa shape index (κ1) is 19.7. The lowest BCUT2D eigenvalue weighted by molar-refractivity contribution is -0.154. The minimum absolute atomic E-state index is 0.0609. The van der Waals surface area contributed by atoms with Crippen LogP contribution in [0.15, 0.2) is 24.3 Å². The number of carbonyl (C=O) groups is 2. The van der Waals surface area contributed by atoms with E-state index in [9.17, 15) is 18.0 Å². The van der Waals surface area contributed by atoms with Crippen molar-refractivity contribution in [1.82, 2.24) is 4.90 Å². The molecule has 1 atom stereocenters. The van der Waals surface area contributed by atoms with Gasteiger partial charge in [-0.2, -0.15) is 5.26 Å². The average Bonchev–Trinajstić information content (AvgIpc) is 2.98. The standard InChI is InChI=1S/C17H20N2O6S/c1-2-19(14-7-8-26(22,23)12-14)16(20)10-25-17(21)11-24-15-6-4-3-5-13(15)9-18/h3-6,14H,2,7-8,10-12H2,1H3/t14-/m1/s1. The minimum Gasteiger partial charge on any atom is -0.481 e. The zero-order valence-corrected chi connectivity index (χ0v) is 15.2. The van der Waals surface area contributed by atoms with Crippen molar-refractivity contribution >= 4 is 21.7 Å². The molecule has 0 radical (unpaired) electrons. The van der Waals surface area contributed by atoms with Gasteiger partial charge in [0.05, 0.1) is 17.1 Å². The average molecular weight is 380 g/mol. The van der Waals surface area contributed by atoms with E-state index in [0.29, 0.717) is 13.0 Å². The Balaban J connectivity index is 1.82. The molecule has 0 spiro atoms. The summed E-state index contributed by atoms with van der Waals surface area (Å²) in [6.45, 7) is 1.16. The Kier molecular flexibility index (Phi) is 6.58. The molecule has 1 fully saturated rings. The number of ether oxygens (including phenoxy) is 2. The molecular weight excluding hydrogens is 360 g/mol. The zero-order valence-electron chi connectivity index (χ0n) is 14.4. The van der Waals surface area contributed by atoms with Gasteiger partial charge in [0.25, 0.3) is 5.91 Å². The van der Waals surface area contributed by atoms with Gasteiger partial charge in [0.1, 0.15) is 11.8 Å². The Labute approximate surface area is 152 Å². The van der Waals surface area contributed by atoms with E-state index < -0.39 is 34.9 Å². The third kappa shape index (κ3) is 5.20. The largest absolute Gasteiger partial charge is 0.481 e. The monoisotopic (exact) mass is 380 g/mol. The van der Waals surface area contributed by atoms with Crippen molar-refractivity contribution in [3.63, 3.8) is 0 Å². The smallest absolute Gasteiger partial charge is 0.344 e. The Hall–Kier alpha value is -2.60. The number of hydrogen-bond donors (Lipinski definition) is 0. The van der Waals surface area contributed by atoms with E-state index in [-0.39, 0.29) is 28.9 Å². The number of para-hydroxylation sites is 1. The maximum Gasteiger partial charge on any atom is 0.344 e. The van der Waals surface area contributed by atoms with E-state index in [2.05, 4.69) is 0 Å². The number of nitriles is 1. The summed E-state index contributed by atoms with van der Waals surface area (Å²) in [5.74, 6) is -0.937. The third-order valence-electron chi connectivity index (χ3n) is 4.02. The zero-order chi connectivity index (χ0) is 19.2. The lowest BCUT2D eigenvalue weighted by Gasteiger charge is -2.26. The molecule has 1 heterocycles. The highest BCUT2D eigenvalue weighted by molar-refractivity contribution is 7.91. The van der Waals surface area contributed by atoms with Crippen molar-refractivity contribution < 1.29 is 27.5 Å². The van der Waals surface area contributed by atoms with E-state index >= 15 is 0 Å². The summed E-state index contributed by atoms with van der Waals surface area (Å²) in [6.07, 6.45) is 0.393. The first-order valence-corrected chi connectivity index (χ1v) is 9.96. The fourth-order valence-electron chi connectivity index (χ4n) is 2.75. The highest BCUT2D eigenvalue weighted by Gasteiger charge is 2.34. The van der Waals surface area contributed by atoms with Gasteiger partial charge in [0.2, 0.25) is 0 Å². The van der Waals surface area contributed by atoms with Crippen molar-refractivity contribution in [2.45, 2.75) is 19.4 Å². The second-order valence-electron chi connectivity index (χ2n) is 5.79. The number of nitrogens with zero attached hydrogens (tertiary/aromatic N) is 2. The number of amides is 1. The third-order valence-corrected chi connectivity index (χ3v) is 5.77. The molecule has 9 heteroatoms. The molecule has 8 nitrogen and oxygen atoms in total. The summed E-state index contributed by atoms with van der Waals surface area (Å²) in [4.78, 5) is 25.4. The molecule has 0 saturated carbocycles. The van der Waals surface area contributed by atoms with Crippen molar-refractivity contribution in [3.8, 4) is 11.8 Å². The predicted molar refractivity (Wildman–Crippen MR) is 92.1 cm³/mol. The molecule has 0 bridgehead atoms. The lowest BCUT2D eigenvalue weighted by Crippen LogP contribution is -2.43. The first-order chi connectivity index (χ1) is 12.4. The molecule has 1 aromatic rings. The molecule has 26 heavy (non-hydrogen) atoms. The topological polar surface area (TPSA) is 114 Å². The number of rotatable bonds is 7. The fourth-order valence-corrected chi connectivity index (χ4v) is 4.48. The van der Waals surface area contributed by atoms with E-state index in [0.717, 1.165) is 0 Å². The lowest BCUT2D eigenvalue weighted by atomic mass is 10.2. The molecule has 1 aliphatic heterocycles. The normalized spacial score (nSPS) is 17.9. The Morgan fingerprint density at radius 2 is 2.04 bits per heavy atom. The molecule has 140 valence electrons. The Bertz CT molecular complexity index is 815. The molecule has 2 rings (SSSR count). The summed E-state index contributed by atoms with van der Waals surface area (Å²) in [6, 6.07) is 8.01. The SMILES string of the molecule is CCN(C(=O)COC(=O)COc1ccccc1C#N)[C@@H]1CCS(=O)(=O)C1. The Morgan fingerprint density at radius 1 is 1.31 bits per heavy atom. The summed E-state index contributed by atoms with van der Waals surface area (Å²) in [7, 11) is -3.11. The van der Waals surface area contributed by atoms with Crippen LogP contribution in [-0.4, -0.2) is 62.5 Å². The van der Waals surface area contributed by atoms with E-state index in [1.807, 2.05) is 6.07 Å². The summed E-state index contributed by atoms with van der Waals surface area (Å²) < 4.78 is 33.3. The van der Waals surface area contributed by atoms with Gasteiger partial charge in [-0.1, -0.05) is 12.1 Å². The van der Waals surface area contributed by atoms with Gasteiger partial charge < -0.3 is 14.4 Å². The molecule has 0 unspecified atom stereocenters. The van der Waals surface area contributed by atoms with E-state index in [1.165, 1.54) is 4.90 Å². The first-order valence-electron chi connectivity index (χ1n) is 8.13. The van der Waals surface area contributed by atoms with Crippen LogP contribution in [0.3, 0.4) is 0 Å². The van der Waals surface area contributed by atoms with E-state index in [1.54, 1.807) is 31.2 Å². The number of likely N-dealkylation sites (N-methyl/N-ethyl adjacent to an activating group) is 1. The number of carbonyl (C=O) groups excluding carboxylic acids is 2. The van der Waals surface area contributed by atoms with Crippen LogP contribution in [-0.2, 0) is 24.2 Å². The van der Waals surface area contributed by atoms with Gasteiger partial charge in [-0.05, 0) is 25.5 Å². The maximum atomic E-state index is 12.2. The summed E-state index contributed by atoms with van der Waals surface area (Å²) in [5, 5.41) is 8.95. The number of hydrogen-bond acceptors (Lipinski definition) is 7. The minimum atomic E-state index is -3.11. The summed E-state index contributed by atoms with van der Waals surface area (Å²) >= 11 is 0. The second kappa shape index (κ2) is 8.67. The van der Waals surface area contributed by atoms with Gasteiger partial charge in [-0.15, -0.1) is 0 Å². The molecule has 1 amide bonds. The Morgan fingerprint density at radius 3 is 2.65 bits per heavy atom. The van der Waals surface area contributed by atoms with Crippen LogP contribution in [0, 0.1) is 11.3 Å². The van der Waals surface area contributed by atoms with Crippen LogP contribution in [0.1, 0.15) is 18.9 Å². The van der Waals surface area contributed by atoms with Crippen molar-refractivity contribution in [2.75, 3.05) is 31.3 Å². The van der Waals surface area contributed by atoms with Crippen molar-refractivity contribution in [2.24, 2.45) is 0 Å². The number of esters is 1. The molecule has 0 aromatic heterocycles. The van der Waals surface area contributed by atoms with Gasteiger partial charge >= 0.3 is 5.97 Å². The van der Waals surface area contributed by atoms with Gasteiger partial charge in [-0.3, -0.25) is 4.79 Å². The van der Waals surface area contributed by atoms with Crippen LogP contribution in [0.25, 0.3) is 0 Å². The van der Waals surface area contributed by atoms with Crippen LogP contribution in [0.2, 0.25) is 0 Å². The van der Waals surface area contributed by atoms with Gasteiger partial charge in [-0.25, -0.2) is 13.2 Å². The van der Waals surface area contributed by atoms with Crippen LogP contribution in [0.5, 0.6) is 5.75 Å². The van der Waals surface area contributed by atoms with Gasteiger partial charge in [0.15, 0.2) is 23.1 Å². The van der Waals surface area contributed by atoms with E-state index in [4.69, 9.17) is 14.7 Å². The quantitative estimate of drug-likeness (QED) is 0.633. The number of benzene rings is 1.